The van der Waals surface area contributed by atoms with Crippen LogP contribution in [-0.4, -0.2) is 6.61 Å². The Kier molecular flexibility index (Phi) is 4.30. The third-order valence-electron chi connectivity index (χ3n) is 2.61. The molecule has 0 saturated carbocycles. The largest absolute Gasteiger partial charge is 0.301 e. The van der Waals surface area contributed by atoms with Crippen LogP contribution in [0.4, 0.5) is 0 Å². The first-order valence-corrected chi connectivity index (χ1v) is 5.89. The van der Waals surface area contributed by atoms with Crippen LogP contribution in [0.15, 0.2) is 60.7 Å². The van der Waals surface area contributed by atoms with Gasteiger partial charge in [-0.2, -0.15) is 5.48 Å². The molecule has 0 aliphatic heterocycles. The number of hydroxylamine groups is 1. The second kappa shape index (κ2) is 6.18. The van der Waals surface area contributed by atoms with Crippen molar-refractivity contribution in [3.8, 4) is 0 Å². The average Bonchev–Trinajstić information content (AvgIpc) is 2.42. The van der Waals surface area contributed by atoms with E-state index in [4.69, 9.17) is 4.84 Å². The van der Waals surface area contributed by atoms with Crippen molar-refractivity contribution in [1.82, 2.24) is 5.48 Å². The van der Waals surface area contributed by atoms with Gasteiger partial charge in [-0.25, -0.2) is 0 Å². The van der Waals surface area contributed by atoms with E-state index in [1.165, 1.54) is 11.1 Å². The van der Waals surface area contributed by atoms with Gasteiger partial charge in [0.25, 0.3) is 0 Å². The summed E-state index contributed by atoms with van der Waals surface area (Å²) in [6.07, 6.45) is 0. The first-order valence-electron chi connectivity index (χ1n) is 5.89. The quantitative estimate of drug-likeness (QED) is 0.791. The lowest BCUT2D eigenvalue weighted by Crippen LogP contribution is -2.22. The van der Waals surface area contributed by atoms with Crippen LogP contribution >= 0.6 is 0 Å². The molecule has 0 atom stereocenters. The Morgan fingerprint density at radius 1 is 0.882 bits per heavy atom. The molecular formula is C15H17NO. The summed E-state index contributed by atoms with van der Waals surface area (Å²) >= 11 is 0. The topological polar surface area (TPSA) is 21.3 Å². The smallest absolute Gasteiger partial charge is 0.0821 e. The molecule has 0 heterocycles. The van der Waals surface area contributed by atoms with E-state index in [1.54, 1.807) is 0 Å². The first kappa shape index (κ1) is 11.8. The van der Waals surface area contributed by atoms with Gasteiger partial charge in [0.2, 0.25) is 0 Å². The molecule has 0 amide bonds. The maximum atomic E-state index is 5.35. The van der Waals surface area contributed by atoms with E-state index >= 15 is 0 Å². The van der Waals surface area contributed by atoms with E-state index in [2.05, 4.69) is 29.7 Å². The molecule has 0 aromatic heterocycles. The SMILES string of the molecule is CCONC(c1ccccc1)c1ccccc1. The van der Waals surface area contributed by atoms with Gasteiger partial charge in [0, 0.05) is 0 Å². The van der Waals surface area contributed by atoms with Crippen molar-refractivity contribution in [2.45, 2.75) is 13.0 Å². The molecule has 2 rings (SSSR count). The molecular weight excluding hydrogens is 210 g/mol. The number of hydrogen-bond donors (Lipinski definition) is 1. The van der Waals surface area contributed by atoms with Crippen molar-refractivity contribution >= 4 is 0 Å². The predicted octanol–water partition coefficient (Wildman–Crippen LogP) is 3.32. The minimum atomic E-state index is 0.0809. The lowest BCUT2D eigenvalue weighted by Gasteiger charge is -2.18. The van der Waals surface area contributed by atoms with E-state index in [0.29, 0.717) is 6.61 Å². The van der Waals surface area contributed by atoms with Crippen molar-refractivity contribution in [3.05, 3.63) is 71.8 Å². The Hall–Kier alpha value is -1.64. The van der Waals surface area contributed by atoms with Crippen molar-refractivity contribution in [1.29, 1.82) is 0 Å². The number of benzene rings is 2. The minimum Gasteiger partial charge on any atom is -0.301 e. The van der Waals surface area contributed by atoms with Crippen molar-refractivity contribution < 1.29 is 4.84 Å². The van der Waals surface area contributed by atoms with Crippen LogP contribution in [-0.2, 0) is 4.84 Å². The summed E-state index contributed by atoms with van der Waals surface area (Å²) in [5.74, 6) is 0. The third kappa shape index (κ3) is 3.16. The second-order valence-electron chi connectivity index (χ2n) is 3.81. The molecule has 0 radical (unpaired) electrons. The van der Waals surface area contributed by atoms with Crippen molar-refractivity contribution in [2.24, 2.45) is 0 Å². The molecule has 0 spiro atoms. The van der Waals surface area contributed by atoms with E-state index in [0.717, 1.165) is 0 Å². The van der Waals surface area contributed by atoms with Crippen LogP contribution in [0, 0.1) is 0 Å². The molecule has 0 aliphatic carbocycles. The number of hydrogen-bond acceptors (Lipinski definition) is 2. The maximum Gasteiger partial charge on any atom is 0.0821 e. The van der Waals surface area contributed by atoms with Gasteiger partial charge in [0.1, 0.15) is 0 Å². The molecule has 0 fully saturated rings. The van der Waals surface area contributed by atoms with Crippen LogP contribution in [0.2, 0.25) is 0 Å². The summed E-state index contributed by atoms with van der Waals surface area (Å²) in [7, 11) is 0. The van der Waals surface area contributed by atoms with Gasteiger partial charge in [-0.1, -0.05) is 60.7 Å². The zero-order chi connectivity index (χ0) is 11.9. The van der Waals surface area contributed by atoms with Gasteiger partial charge < -0.3 is 4.84 Å². The van der Waals surface area contributed by atoms with E-state index in [1.807, 2.05) is 43.3 Å². The normalized spacial score (nSPS) is 10.7. The van der Waals surface area contributed by atoms with Crippen LogP contribution in [0.3, 0.4) is 0 Å². The van der Waals surface area contributed by atoms with E-state index < -0.39 is 0 Å². The van der Waals surface area contributed by atoms with Crippen LogP contribution in [0.1, 0.15) is 24.1 Å². The molecule has 1 N–H and O–H groups in total. The number of nitrogens with one attached hydrogen (secondary N) is 1. The average molecular weight is 227 g/mol. The van der Waals surface area contributed by atoms with Crippen molar-refractivity contribution in [3.63, 3.8) is 0 Å². The molecule has 17 heavy (non-hydrogen) atoms. The van der Waals surface area contributed by atoms with Crippen LogP contribution in [0.5, 0.6) is 0 Å². The van der Waals surface area contributed by atoms with Gasteiger partial charge in [-0.05, 0) is 18.1 Å². The Morgan fingerprint density at radius 3 is 1.76 bits per heavy atom. The number of rotatable bonds is 5. The summed E-state index contributed by atoms with van der Waals surface area (Å²) in [5, 5.41) is 0. The van der Waals surface area contributed by atoms with E-state index in [9.17, 15) is 0 Å². The molecule has 0 unspecified atom stereocenters. The maximum absolute atomic E-state index is 5.35. The lowest BCUT2D eigenvalue weighted by atomic mass is 10.00. The molecule has 2 heteroatoms. The highest BCUT2D eigenvalue weighted by molar-refractivity contribution is 5.30. The zero-order valence-electron chi connectivity index (χ0n) is 9.97. The highest BCUT2D eigenvalue weighted by Gasteiger charge is 2.12. The van der Waals surface area contributed by atoms with E-state index in [-0.39, 0.29) is 6.04 Å². The van der Waals surface area contributed by atoms with Crippen molar-refractivity contribution in [2.75, 3.05) is 6.61 Å². The Morgan fingerprint density at radius 2 is 1.35 bits per heavy atom. The highest BCUT2D eigenvalue weighted by atomic mass is 16.6. The minimum absolute atomic E-state index is 0.0809. The molecule has 2 aromatic carbocycles. The summed E-state index contributed by atoms with van der Waals surface area (Å²) in [6, 6.07) is 20.7. The fourth-order valence-corrected chi connectivity index (χ4v) is 1.79. The highest BCUT2D eigenvalue weighted by Crippen LogP contribution is 2.21. The summed E-state index contributed by atoms with van der Waals surface area (Å²) < 4.78 is 0. The Bertz CT molecular complexity index is 388. The molecule has 0 saturated heterocycles. The fourth-order valence-electron chi connectivity index (χ4n) is 1.79. The molecule has 0 bridgehead atoms. The molecule has 88 valence electrons. The molecule has 2 nitrogen and oxygen atoms in total. The Labute approximate surface area is 102 Å². The van der Waals surface area contributed by atoms with Gasteiger partial charge in [-0.3, -0.25) is 0 Å². The molecule has 2 aromatic rings. The Balaban J connectivity index is 2.26. The predicted molar refractivity (Wildman–Crippen MR) is 69.5 cm³/mol. The summed E-state index contributed by atoms with van der Waals surface area (Å²) in [4.78, 5) is 5.35. The van der Waals surface area contributed by atoms with Gasteiger partial charge in [0.05, 0.1) is 12.6 Å². The monoisotopic (exact) mass is 227 g/mol. The van der Waals surface area contributed by atoms with Crippen LogP contribution < -0.4 is 5.48 Å². The van der Waals surface area contributed by atoms with Gasteiger partial charge in [-0.15, -0.1) is 0 Å². The molecule has 0 aliphatic rings. The van der Waals surface area contributed by atoms with Gasteiger partial charge >= 0.3 is 0 Å². The standard InChI is InChI=1S/C15H17NO/c1-2-17-16-15(13-9-5-3-6-10-13)14-11-7-4-8-12-14/h3-12,15-16H,2H2,1H3. The fraction of sp³-hybridized carbons (Fsp3) is 0.200. The van der Waals surface area contributed by atoms with Gasteiger partial charge in [0.15, 0.2) is 0 Å². The lowest BCUT2D eigenvalue weighted by molar-refractivity contribution is 0.0334. The first-order chi connectivity index (χ1) is 8.42. The summed E-state index contributed by atoms with van der Waals surface area (Å²) in [6.45, 7) is 2.62. The zero-order valence-corrected chi connectivity index (χ0v) is 9.97. The second-order valence-corrected chi connectivity index (χ2v) is 3.81. The van der Waals surface area contributed by atoms with Crippen LogP contribution in [0.25, 0.3) is 0 Å². The summed E-state index contributed by atoms with van der Waals surface area (Å²) in [5.41, 5.74) is 5.50. The third-order valence-corrected chi connectivity index (χ3v) is 2.61.